The highest BCUT2D eigenvalue weighted by Gasteiger charge is 2.55. The predicted molar refractivity (Wildman–Crippen MR) is 315 cm³/mol. The van der Waals surface area contributed by atoms with Crippen LogP contribution in [0.25, 0.3) is 120 Å². The van der Waals surface area contributed by atoms with E-state index in [1.807, 2.05) is 28.9 Å². The van der Waals surface area contributed by atoms with E-state index in [2.05, 4.69) is 231 Å². The highest BCUT2D eigenvalue weighted by Crippen LogP contribution is 2.69. The maximum Gasteiger partial charge on any atom is 0.0965 e. The normalized spacial score (nSPS) is 15.5. The molecule has 0 saturated heterocycles. The number of aromatic nitrogens is 3. The number of nitrogens with zero attached hydrogens (tertiary/aromatic N) is 3. The molecular formula is C71H39N3S2. The Morgan fingerprint density at radius 1 is 0.316 bits per heavy atom. The van der Waals surface area contributed by atoms with Crippen LogP contribution in [0, 0.1) is 0 Å². The van der Waals surface area contributed by atoms with Crippen LogP contribution in [-0.2, 0) is 10.8 Å². The molecule has 14 aromatic rings. The van der Waals surface area contributed by atoms with E-state index in [1.165, 1.54) is 108 Å². The van der Waals surface area contributed by atoms with Crippen LogP contribution in [0.1, 0.15) is 43.1 Å². The minimum atomic E-state index is -0.428. The molecule has 0 amide bonds. The van der Waals surface area contributed by atoms with Crippen molar-refractivity contribution in [3.63, 3.8) is 0 Å². The third-order valence-electron chi connectivity index (χ3n) is 17.3. The van der Waals surface area contributed by atoms with Gasteiger partial charge in [0.1, 0.15) is 0 Å². The summed E-state index contributed by atoms with van der Waals surface area (Å²) in [6.07, 6.45) is 1.99. The molecular weight excluding hydrogens is 959 g/mol. The standard InChI is InChI=1S/C71H39N3S2/c1-7-25-51-43(16-1)44-17-2-8-26-52(44)70(51)56-30-13-23-47(65(56)66-50-21-6-12-33-62(50)76-69(66)70)58-37-35-41-38-40(34-36-57(41)73-58)42-22-15-31-59-67(42)72-39-60(74-59)48-24-14-29-55-63(48)45-18-3-9-27-53(45)71(55)54-28-10-4-19-46(54)64-49-20-5-11-32-61(49)75-68(64)71/h1-39H. The van der Waals surface area contributed by atoms with E-state index in [0.29, 0.717) is 0 Å². The lowest BCUT2D eigenvalue weighted by Gasteiger charge is -2.29. The maximum atomic E-state index is 5.49. The Hall–Kier alpha value is -9.13. The van der Waals surface area contributed by atoms with Gasteiger partial charge < -0.3 is 0 Å². The van der Waals surface area contributed by atoms with Gasteiger partial charge in [-0.05, 0) is 109 Å². The number of hydrogen-bond acceptors (Lipinski definition) is 5. The molecule has 76 heavy (non-hydrogen) atoms. The first-order chi connectivity index (χ1) is 37.7. The lowest BCUT2D eigenvalue weighted by atomic mass is 9.73. The molecule has 3 nitrogen and oxygen atoms in total. The fraction of sp³-hybridized carbons (Fsp3) is 0.0282. The van der Waals surface area contributed by atoms with Gasteiger partial charge in [-0.2, -0.15) is 0 Å². The minimum absolute atomic E-state index is 0.409. The molecule has 350 valence electrons. The van der Waals surface area contributed by atoms with Gasteiger partial charge in [0.25, 0.3) is 0 Å². The van der Waals surface area contributed by atoms with Gasteiger partial charge in [-0.1, -0.05) is 194 Å². The van der Waals surface area contributed by atoms with Crippen LogP contribution >= 0.6 is 22.7 Å². The Bertz CT molecular complexity index is 4880. The Balaban J connectivity index is 0.752. The quantitative estimate of drug-likeness (QED) is 0.177. The highest BCUT2D eigenvalue weighted by atomic mass is 32.1. The molecule has 2 spiro atoms. The second kappa shape index (κ2) is 14.8. The first kappa shape index (κ1) is 41.2. The molecule has 4 heterocycles. The van der Waals surface area contributed by atoms with Crippen LogP contribution in [0.4, 0.5) is 0 Å². The van der Waals surface area contributed by atoms with Gasteiger partial charge in [-0.3, -0.25) is 4.98 Å². The van der Waals surface area contributed by atoms with Gasteiger partial charge >= 0.3 is 0 Å². The Morgan fingerprint density at radius 3 is 1.49 bits per heavy atom. The van der Waals surface area contributed by atoms with Crippen molar-refractivity contribution in [1.29, 1.82) is 0 Å². The van der Waals surface area contributed by atoms with Crippen molar-refractivity contribution in [3.05, 3.63) is 280 Å². The Kier molecular flexibility index (Phi) is 8.03. The van der Waals surface area contributed by atoms with Crippen LogP contribution in [0.2, 0.25) is 0 Å². The number of thiophene rings is 2. The fourth-order valence-corrected chi connectivity index (χ4v) is 17.3. The molecule has 4 aromatic heterocycles. The van der Waals surface area contributed by atoms with Gasteiger partial charge in [0.15, 0.2) is 0 Å². The van der Waals surface area contributed by atoms with Gasteiger partial charge in [-0.25, -0.2) is 9.97 Å². The Labute approximate surface area is 445 Å². The van der Waals surface area contributed by atoms with E-state index in [9.17, 15) is 0 Å². The van der Waals surface area contributed by atoms with Crippen molar-refractivity contribution in [2.24, 2.45) is 0 Å². The number of fused-ring (bicyclic) bond motifs is 26. The largest absolute Gasteiger partial charge is 0.252 e. The van der Waals surface area contributed by atoms with Crippen molar-refractivity contribution in [2.45, 2.75) is 10.8 Å². The van der Waals surface area contributed by atoms with Crippen molar-refractivity contribution < 1.29 is 0 Å². The summed E-state index contributed by atoms with van der Waals surface area (Å²) in [6, 6.07) is 85.3. The molecule has 4 aliphatic rings. The van der Waals surface area contributed by atoms with Gasteiger partial charge in [0.2, 0.25) is 0 Å². The molecule has 5 heteroatoms. The number of benzene rings is 10. The van der Waals surface area contributed by atoms with E-state index in [0.717, 1.165) is 55.6 Å². The number of hydrogen-bond donors (Lipinski definition) is 0. The smallest absolute Gasteiger partial charge is 0.0965 e. The zero-order valence-corrected chi connectivity index (χ0v) is 42.3. The number of rotatable bonds is 3. The summed E-state index contributed by atoms with van der Waals surface area (Å²) >= 11 is 3.88. The second-order valence-corrected chi connectivity index (χ2v) is 22.9. The summed E-state index contributed by atoms with van der Waals surface area (Å²) in [5, 5.41) is 3.71. The summed E-state index contributed by atoms with van der Waals surface area (Å²) < 4.78 is 2.64. The van der Waals surface area contributed by atoms with E-state index >= 15 is 0 Å². The molecule has 0 radical (unpaired) electrons. The van der Waals surface area contributed by atoms with Crippen molar-refractivity contribution >= 4 is 64.8 Å². The average Bonchev–Trinajstić information content (AvgIpc) is 4.37. The van der Waals surface area contributed by atoms with Crippen molar-refractivity contribution in [1.82, 2.24) is 15.0 Å². The first-order valence-electron chi connectivity index (χ1n) is 26.1. The van der Waals surface area contributed by atoms with Crippen LogP contribution in [0.3, 0.4) is 0 Å². The Morgan fingerprint density at radius 2 is 0.803 bits per heavy atom. The molecule has 10 aromatic carbocycles. The SMILES string of the molecule is c1ccc2c(c1)-c1c(-c3cnc4c(-c5ccc6nc(-c7cccc8c7-c7c(sc9ccccc79)C87c8ccccc8-c8ccccc87)ccc6c5)cccc4n3)cccc1C21c2ccccc2-c2c1sc1ccccc21. The van der Waals surface area contributed by atoms with Gasteiger partial charge in [0.05, 0.1) is 45.0 Å². The minimum Gasteiger partial charge on any atom is -0.252 e. The summed E-state index contributed by atoms with van der Waals surface area (Å²) in [5.41, 5.74) is 26.6. The van der Waals surface area contributed by atoms with Gasteiger partial charge in [-0.15, -0.1) is 22.7 Å². The van der Waals surface area contributed by atoms with Crippen LogP contribution < -0.4 is 0 Å². The van der Waals surface area contributed by atoms with Gasteiger partial charge in [0, 0.05) is 63.1 Å². The lowest BCUT2D eigenvalue weighted by molar-refractivity contribution is 0.812. The molecule has 0 fully saturated rings. The van der Waals surface area contributed by atoms with E-state index < -0.39 is 10.8 Å². The molecule has 1 atom stereocenters. The average molecular weight is 998 g/mol. The van der Waals surface area contributed by atoms with E-state index in [-0.39, 0.29) is 0 Å². The summed E-state index contributed by atoms with van der Waals surface area (Å²) in [4.78, 5) is 19.0. The fourth-order valence-electron chi connectivity index (χ4n) is 14.4. The van der Waals surface area contributed by atoms with Crippen LogP contribution in [-0.4, -0.2) is 15.0 Å². The van der Waals surface area contributed by atoms with Crippen molar-refractivity contribution in [3.8, 4) is 78.1 Å². The summed E-state index contributed by atoms with van der Waals surface area (Å²) in [6.45, 7) is 0. The second-order valence-electron chi connectivity index (χ2n) is 20.8. The van der Waals surface area contributed by atoms with E-state index in [4.69, 9.17) is 15.0 Å². The summed E-state index contributed by atoms with van der Waals surface area (Å²) in [7, 11) is 0. The molecule has 4 aliphatic carbocycles. The molecule has 0 N–H and O–H groups in total. The zero-order chi connectivity index (χ0) is 49.4. The predicted octanol–water partition coefficient (Wildman–Crippen LogP) is 18.3. The highest BCUT2D eigenvalue weighted by molar-refractivity contribution is 7.20. The molecule has 18 rings (SSSR count). The molecule has 0 saturated carbocycles. The monoisotopic (exact) mass is 997 g/mol. The summed E-state index contributed by atoms with van der Waals surface area (Å²) in [5.74, 6) is 0. The van der Waals surface area contributed by atoms with Crippen LogP contribution in [0.5, 0.6) is 0 Å². The third kappa shape index (κ3) is 5.01. The molecule has 1 unspecified atom stereocenters. The number of para-hydroxylation sites is 1. The lowest BCUT2D eigenvalue weighted by Crippen LogP contribution is -2.24. The third-order valence-corrected chi connectivity index (χ3v) is 19.9. The van der Waals surface area contributed by atoms with Crippen LogP contribution in [0.15, 0.2) is 237 Å². The molecule has 0 aliphatic heterocycles. The zero-order valence-electron chi connectivity index (χ0n) is 40.7. The topological polar surface area (TPSA) is 38.7 Å². The number of pyridine rings is 1. The molecule has 0 bridgehead atoms. The van der Waals surface area contributed by atoms with E-state index in [1.54, 1.807) is 0 Å². The first-order valence-corrected chi connectivity index (χ1v) is 27.7. The van der Waals surface area contributed by atoms with Crippen molar-refractivity contribution in [2.75, 3.05) is 0 Å². The maximum absolute atomic E-state index is 5.49.